The second-order valence-electron chi connectivity index (χ2n) is 3.62. The zero-order valence-electron chi connectivity index (χ0n) is 8.72. The number of allylic oxidation sites excluding steroid dienone is 1. The second kappa shape index (κ2) is 3.78. The monoisotopic (exact) mass is 173 g/mol. The van der Waals surface area contributed by atoms with Crippen LogP contribution < -0.4 is 0 Å². The van der Waals surface area contributed by atoms with Gasteiger partial charge in [-0.2, -0.15) is 0 Å². The van der Waals surface area contributed by atoms with Gasteiger partial charge in [-0.05, 0) is 49.9 Å². The van der Waals surface area contributed by atoms with Crippen LogP contribution in [0.5, 0.6) is 0 Å². The van der Waals surface area contributed by atoms with Crippen LogP contribution in [-0.2, 0) is 0 Å². The first kappa shape index (κ1) is 10.0. The lowest BCUT2D eigenvalue weighted by molar-refractivity contribution is 1.06. The SMILES string of the molecule is [CH2]C(C=C)c1cc(C)c(C)c(C)c1. The van der Waals surface area contributed by atoms with Gasteiger partial charge in [-0.25, -0.2) is 0 Å². The number of aryl methyl sites for hydroxylation is 2. The third-order valence-electron chi connectivity index (χ3n) is 2.66. The highest BCUT2D eigenvalue weighted by Gasteiger charge is 2.04. The number of hydrogen-bond acceptors (Lipinski definition) is 0. The number of hydrogen-bond donors (Lipinski definition) is 0. The molecule has 1 aromatic rings. The van der Waals surface area contributed by atoms with Gasteiger partial charge in [0.05, 0.1) is 0 Å². The van der Waals surface area contributed by atoms with Crippen molar-refractivity contribution in [3.05, 3.63) is 54.0 Å². The Morgan fingerprint density at radius 1 is 1.15 bits per heavy atom. The van der Waals surface area contributed by atoms with Crippen molar-refractivity contribution in [3.8, 4) is 0 Å². The Kier molecular flexibility index (Phi) is 2.92. The summed E-state index contributed by atoms with van der Waals surface area (Å²) in [4.78, 5) is 0. The molecule has 0 aliphatic carbocycles. The molecule has 0 nitrogen and oxygen atoms in total. The quantitative estimate of drug-likeness (QED) is 0.598. The first-order valence-electron chi connectivity index (χ1n) is 4.59. The minimum absolute atomic E-state index is 0.206. The lowest BCUT2D eigenvalue weighted by Gasteiger charge is -2.11. The Hall–Kier alpha value is -1.04. The Morgan fingerprint density at radius 3 is 2.00 bits per heavy atom. The fraction of sp³-hybridized carbons (Fsp3) is 0.308. The van der Waals surface area contributed by atoms with Gasteiger partial charge in [-0.1, -0.05) is 18.2 Å². The highest BCUT2D eigenvalue weighted by molar-refractivity contribution is 5.39. The average molecular weight is 173 g/mol. The number of rotatable bonds is 2. The van der Waals surface area contributed by atoms with Crippen LogP contribution in [0, 0.1) is 27.7 Å². The molecule has 0 fully saturated rings. The van der Waals surface area contributed by atoms with Crippen molar-refractivity contribution in [2.24, 2.45) is 0 Å². The molecule has 13 heavy (non-hydrogen) atoms. The van der Waals surface area contributed by atoms with Crippen LogP contribution in [0.3, 0.4) is 0 Å². The molecule has 1 atom stereocenters. The molecule has 0 heteroatoms. The molecule has 0 bridgehead atoms. The van der Waals surface area contributed by atoms with E-state index >= 15 is 0 Å². The molecule has 1 aromatic carbocycles. The molecular formula is C13H17. The maximum absolute atomic E-state index is 4.02. The highest BCUT2D eigenvalue weighted by atomic mass is 14.1. The molecule has 0 aliphatic heterocycles. The van der Waals surface area contributed by atoms with Crippen molar-refractivity contribution in [1.29, 1.82) is 0 Å². The summed E-state index contributed by atoms with van der Waals surface area (Å²) in [5.74, 6) is 0.206. The van der Waals surface area contributed by atoms with Gasteiger partial charge in [0.15, 0.2) is 0 Å². The third kappa shape index (κ3) is 2.00. The lowest BCUT2D eigenvalue weighted by Crippen LogP contribution is -1.94. The smallest absolute Gasteiger partial charge is 0.00158 e. The molecule has 0 aliphatic rings. The Labute approximate surface area is 81.3 Å². The van der Waals surface area contributed by atoms with E-state index in [-0.39, 0.29) is 5.92 Å². The summed E-state index contributed by atoms with van der Waals surface area (Å²) in [6.07, 6.45) is 1.88. The van der Waals surface area contributed by atoms with Gasteiger partial charge >= 0.3 is 0 Å². The minimum atomic E-state index is 0.206. The van der Waals surface area contributed by atoms with E-state index < -0.39 is 0 Å². The molecule has 1 radical (unpaired) electrons. The van der Waals surface area contributed by atoms with Gasteiger partial charge < -0.3 is 0 Å². The summed E-state index contributed by atoms with van der Waals surface area (Å²) in [6.45, 7) is 14.2. The van der Waals surface area contributed by atoms with Crippen LogP contribution in [0.4, 0.5) is 0 Å². The molecule has 0 amide bonds. The standard InChI is InChI=1S/C13H17/c1-6-9(2)13-7-10(3)12(5)11(4)8-13/h6-9H,1-2H2,3-5H3. The predicted octanol–water partition coefficient (Wildman–Crippen LogP) is 3.72. The molecular weight excluding hydrogens is 156 g/mol. The maximum Gasteiger partial charge on any atom is 0.00158 e. The molecule has 0 aromatic heterocycles. The van der Waals surface area contributed by atoms with Crippen LogP contribution in [0.15, 0.2) is 24.8 Å². The van der Waals surface area contributed by atoms with E-state index in [1.54, 1.807) is 0 Å². The highest BCUT2D eigenvalue weighted by Crippen LogP contribution is 2.21. The van der Waals surface area contributed by atoms with Gasteiger partial charge in [0, 0.05) is 5.92 Å². The van der Waals surface area contributed by atoms with Crippen LogP contribution >= 0.6 is 0 Å². The van der Waals surface area contributed by atoms with Crippen LogP contribution in [0.1, 0.15) is 28.2 Å². The zero-order valence-corrected chi connectivity index (χ0v) is 8.72. The fourth-order valence-electron chi connectivity index (χ4n) is 1.42. The Morgan fingerprint density at radius 2 is 1.62 bits per heavy atom. The lowest BCUT2D eigenvalue weighted by atomic mass is 9.94. The van der Waals surface area contributed by atoms with Crippen molar-refractivity contribution in [2.45, 2.75) is 26.7 Å². The largest absolute Gasteiger partial charge is 0.102 e. The fourth-order valence-corrected chi connectivity index (χ4v) is 1.42. The van der Waals surface area contributed by atoms with E-state index in [2.05, 4.69) is 46.4 Å². The van der Waals surface area contributed by atoms with Crippen molar-refractivity contribution in [1.82, 2.24) is 0 Å². The molecule has 1 rings (SSSR count). The van der Waals surface area contributed by atoms with Gasteiger partial charge in [-0.3, -0.25) is 0 Å². The predicted molar refractivity (Wildman–Crippen MR) is 58.9 cm³/mol. The van der Waals surface area contributed by atoms with E-state index in [1.807, 2.05) is 6.08 Å². The summed E-state index contributed by atoms with van der Waals surface area (Å²) in [7, 11) is 0. The molecule has 69 valence electrons. The minimum Gasteiger partial charge on any atom is -0.102 e. The topological polar surface area (TPSA) is 0 Å². The van der Waals surface area contributed by atoms with E-state index in [4.69, 9.17) is 0 Å². The van der Waals surface area contributed by atoms with Crippen molar-refractivity contribution < 1.29 is 0 Å². The van der Waals surface area contributed by atoms with E-state index in [9.17, 15) is 0 Å². The van der Waals surface area contributed by atoms with Crippen molar-refractivity contribution in [3.63, 3.8) is 0 Å². The summed E-state index contributed by atoms with van der Waals surface area (Å²) in [5.41, 5.74) is 5.31. The van der Waals surface area contributed by atoms with Gasteiger partial charge in [0.2, 0.25) is 0 Å². The van der Waals surface area contributed by atoms with E-state index in [0.717, 1.165) is 0 Å². The zero-order chi connectivity index (χ0) is 10.0. The van der Waals surface area contributed by atoms with E-state index in [0.29, 0.717) is 0 Å². The van der Waals surface area contributed by atoms with Crippen molar-refractivity contribution >= 4 is 0 Å². The summed E-state index contributed by atoms with van der Waals surface area (Å²) in [6, 6.07) is 4.39. The molecule has 0 heterocycles. The normalized spacial score (nSPS) is 12.6. The molecule has 0 saturated heterocycles. The van der Waals surface area contributed by atoms with Crippen LogP contribution in [0.2, 0.25) is 0 Å². The summed E-state index contributed by atoms with van der Waals surface area (Å²) in [5, 5.41) is 0. The molecule has 1 unspecified atom stereocenters. The second-order valence-corrected chi connectivity index (χ2v) is 3.62. The van der Waals surface area contributed by atoms with Crippen LogP contribution in [-0.4, -0.2) is 0 Å². The Bertz CT molecular complexity index is 298. The van der Waals surface area contributed by atoms with Crippen LogP contribution in [0.25, 0.3) is 0 Å². The number of benzene rings is 1. The van der Waals surface area contributed by atoms with Gasteiger partial charge in [0.25, 0.3) is 0 Å². The molecule has 0 N–H and O–H groups in total. The van der Waals surface area contributed by atoms with Crippen molar-refractivity contribution in [2.75, 3.05) is 0 Å². The van der Waals surface area contributed by atoms with E-state index in [1.165, 1.54) is 22.3 Å². The van der Waals surface area contributed by atoms with Gasteiger partial charge in [0.1, 0.15) is 0 Å². The van der Waals surface area contributed by atoms with Gasteiger partial charge in [-0.15, -0.1) is 6.58 Å². The first-order chi connectivity index (χ1) is 6.06. The third-order valence-corrected chi connectivity index (χ3v) is 2.66. The first-order valence-corrected chi connectivity index (χ1v) is 4.59. The summed E-state index contributed by atoms with van der Waals surface area (Å²) >= 11 is 0. The maximum atomic E-state index is 4.02. The Balaban J connectivity index is 3.20. The summed E-state index contributed by atoms with van der Waals surface area (Å²) < 4.78 is 0. The molecule has 0 spiro atoms. The average Bonchev–Trinajstić information content (AvgIpc) is 2.12. The molecule has 0 saturated carbocycles.